The summed E-state index contributed by atoms with van der Waals surface area (Å²) in [4.78, 5) is 0.308. The number of sulfone groups is 1. The number of hydrogen-bond acceptors (Lipinski definition) is 4. The van der Waals surface area contributed by atoms with Crippen molar-refractivity contribution in [1.29, 1.82) is 0 Å². The minimum Gasteiger partial charge on any atom is -0.489 e. The van der Waals surface area contributed by atoms with Crippen LogP contribution in [0.15, 0.2) is 29.2 Å². The molecule has 1 aromatic carbocycles. The molecule has 0 saturated heterocycles. The second-order valence-electron chi connectivity index (χ2n) is 4.73. The van der Waals surface area contributed by atoms with Crippen molar-refractivity contribution < 1.29 is 13.2 Å². The molecule has 1 unspecified atom stereocenters. The van der Waals surface area contributed by atoms with Crippen LogP contribution in [0.1, 0.15) is 20.8 Å². The molecule has 0 fully saturated rings. The van der Waals surface area contributed by atoms with Gasteiger partial charge in [0.2, 0.25) is 0 Å². The van der Waals surface area contributed by atoms with Crippen LogP contribution in [-0.2, 0) is 9.84 Å². The van der Waals surface area contributed by atoms with E-state index < -0.39 is 9.84 Å². The molecule has 0 bridgehead atoms. The highest BCUT2D eigenvalue weighted by Gasteiger charge is 2.08. The van der Waals surface area contributed by atoms with Crippen LogP contribution in [0.3, 0.4) is 0 Å². The summed E-state index contributed by atoms with van der Waals surface area (Å²) < 4.78 is 28.3. The van der Waals surface area contributed by atoms with Gasteiger partial charge in [0.05, 0.1) is 4.90 Å². The molecule has 0 heterocycles. The van der Waals surface area contributed by atoms with Crippen molar-refractivity contribution >= 4 is 9.84 Å². The van der Waals surface area contributed by atoms with Gasteiger partial charge in [0.25, 0.3) is 0 Å². The number of ether oxygens (including phenoxy) is 1. The van der Waals surface area contributed by atoms with E-state index in [-0.39, 0.29) is 6.10 Å². The summed E-state index contributed by atoms with van der Waals surface area (Å²) in [6.07, 6.45) is 1.23. The molecule has 0 amide bonds. The standard InChI is InChI=1S/C13H21NO3S/c1-10(2)14-9-11(3)17-12-5-7-13(8-6-12)18(4,15)16/h5-8,10-11,14H,9H2,1-4H3. The highest BCUT2D eigenvalue weighted by Crippen LogP contribution is 2.16. The first-order chi connectivity index (χ1) is 8.29. The molecule has 0 radical (unpaired) electrons. The normalized spacial score (nSPS) is 13.6. The lowest BCUT2D eigenvalue weighted by Crippen LogP contribution is -2.33. The topological polar surface area (TPSA) is 55.4 Å². The van der Waals surface area contributed by atoms with Crippen molar-refractivity contribution in [3.8, 4) is 5.75 Å². The smallest absolute Gasteiger partial charge is 0.175 e. The molecule has 1 atom stereocenters. The largest absolute Gasteiger partial charge is 0.489 e. The fourth-order valence-corrected chi connectivity index (χ4v) is 2.07. The SMILES string of the molecule is CC(C)NCC(C)Oc1ccc(S(C)(=O)=O)cc1. The lowest BCUT2D eigenvalue weighted by Gasteiger charge is -2.17. The van der Waals surface area contributed by atoms with Gasteiger partial charge < -0.3 is 10.1 Å². The van der Waals surface area contributed by atoms with Crippen LogP contribution in [0, 0.1) is 0 Å². The molecule has 0 aromatic heterocycles. The van der Waals surface area contributed by atoms with Crippen LogP contribution in [0.5, 0.6) is 5.75 Å². The number of nitrogens with one attached hydrogen (secondary N) is 1. The van der Waals surface area contributed by atoms with Gasteiger partial charge in [0.1, 0.15) is 11.9 Å². The van der Waals surface area contributed by atoms with Crippen LogP contribution in [-0.4, -0.2) is 33.4 Å². The quantitative estimate of drug-likeness (QED) is 0.858. The third-order valence-electron chi connectivity index (χ3n) is 2.40. The molecule has 0 aliphatic carbocycles. The molecular formula is C13H21NO3S. The van der Waals surface area contributed by atoms with Crippen LogP contribution in [0.4, 0.5) is 0 Å². The number of hydrogen-bond donors (Lipinski definition) is 1. The van der Waals surface area contributed by atoms with Crippen molar-refractivity contribution in [2.45, 2.75) is 37.8 Å². The molecule has 0 aliphatic heterocycles. The molecule has 102 valence electrons. The minimum atomic E-state index is -3.14. The fourth-order valence-electron chi connectivity index (χ4n) is 1.44. The lowest BCUT2D eigenvalue weighted by molar-refractivity contribution is 0.213. The first kappa shape index (κ1) is 15.0. The predicted molar refractivity (Wildman–Crippen MR) is 72.8 cm³/mol. The van der Waals surface area contributed by atoms with Crippen molar-refractivity contribution in [3.63, 3.8) is 0 Å². The minimum absolute atomic E-state index is 0.0384. The van der Waals surface area contributed by atoms with Gasteiger partial charge in [-0.3, -0.25) is 0 Å². The maximum Gasteiger partial charge on any atom is 0.175 e. The molecule has 5 heteroatoms. The molecular weight excluding hydrogens is 250 g/mol. The molecule has 18 heavy (non-hydrogen) atoms. The van der Waals surface area contributed by atoms with Gasteiger partial charge >= 0.3 is 0 Å². The second-order valence-corrected chi connectivity index (χ2v) is 6.75. The van der Waals surface area contributed by atoms with Gasteiger partial charge in [-0.2, -0.15) is 0 Å². The summed E-state index contributed by atoms with van der Waals surface area (Å²) in [5.74, 6) is 0.681. The van der Waals surface area contributed by atoms with E-state index in [2.05, 4.69) is 19.2 Å². The highest BCUT2D eigenvalue weighted by molar-refractivity contribution is 7.90. The van der Waals surface area contributed by atoms with Gasteiger partial charge in [-0.05, 0) is 31.2 Å². The Labute approximate surface area is 109 Å². The summed E-state index contributed by atoms with van der Waals surface area (Å²) in [6, 6.07) is 6.91. The van der Waals surface area contributed by atoms with Gasteiger partial charge in [-0.25, -0.2) is 8.42 Å². The fraction of sp³-hybridized carbons (Fsp3) is 0.538. The zero-order valence-electron chi connectivity index (χ0n) is 11.3. The maximum atomic E-state index is 11.3. The first-order valence-corrected chi connectivity index (χ1v) is 7.88. The summed E-state index contributed by atoms with van der Waals surface area (Å²) in [6.45, 7) is 6.88. The molecule has 1 aromatic rings. The molecule has 4 nitrogen and oxygen atoms in total. The Kier molecular flexibility index (Phi) is 5.16. The lowest BCUT2D eigenvalue weighted by atomic mass is 10.3. The number of rotatable bonds is 6. The third-order valence-corrected chi connectivity index (χ3v) is 3.53. The maximum absolute atomic E-state index is 11.3. The van der Waals surface area contributed by atoms with Gasteiger partial charge in [-0.1, -0.05) is 13.8 Å². The van der Waals surface area contributed by atoms with Crippen molar-refractivity contribution in [1.82, 2.24) is 5.32 Å². The Balaban J connectivity index is 2.59. The van der Waals surface area contributed by atoms with E-state index >= 15 is 0 Å². The van der Waals surface area contributed by atoms with E-state index in [0.717, 1.165) is 6.54 Å². The number of benzene rings is 1. The van der Waals surface area contributed by atoms with E-state index in [4.69, 9.17) is 4.74 Å². The summed E-state index contributed by atoms with van der Waals surface area (Å²) >= 11 is 0. The zero-order valence-corrected chi connectivity index (χ0v) is 12.1. The molecule has 1 rings (SSSR count). The summed E-state index contributed by atoms with van der Waals surface area (Å²) in [5, 5.41) is 3.28. The van der Waals surface area contributed by atoms with Gasteiger partial charge in [0.15, 0.2) is 9.84 Å². The Morgan fingerprint density at radius 1 is 1.17 bits per heavy atom. The Morgan fingerprint density at radius 3 is 2.17 bits per heavy atom. The Hall–Kier alpha value is -1.07. The van der Waals surface area contributed by atoms with Crippen molar-refractivity contribution in [2.75, 3.05) is 12.8 Å². The van der Waals surface area contributed by atoms with E-state index in [1.54, 1.807) is 24.3 Å². The van der Waals surface area contributed by atoms with E-state index in [1.165, 1.54) is 6.26 Å². The van der Waals surface area contributed by atoms with Gasteiger partial charge in [0, 0.05) is 18.8 Å². The van der Waals surface area contributed by atoms with Crippen molar-refractivity contribution in [3.05, 3.63) is 24.3 Å². The molecule has 0 aliphatic rings. The van der Waals surface area contributed by atoms with E-state index in [9.17, 15) is 8.42 Å². The average Bonchev–Trinajstić information content (AvgIpc) is 2.26. The second kappa shape index (κ2) is 6.20. The van der Waals surface area contributed by atoms with Crippen molar-refractivity contribution in [2.24, 2.45) is 0 Å². The summed E-state index contributed by atoms with van der Waals surface area (Å²) in [7, 11) is -3.14. The van der Waals surface area contributed by atoms with Crippen LogP contribution < -0.4 is 10.1 Å². The monoisotopic (exact) mass is 271 g/mol. The van der Waals surface area contributed by atoms with Crippen LogP contribution in [0.25, 0.3) is 0 Å². The summed E-state index contributed by atoms with van der Waals surface area (Å²) in [5.41, 5.74) is 0. The van der Waals surface area contributed by atoms with E-state index in [0.29, 0.717) is 16.7 Å². The molecule has 0 spiro atoms. The Morgan fingerprint density at radius 2 is 1.72 bits per heavy atom. The molecule has 1 N–H and O–H groups in total. The highest BCUT2D eigenvalue weighted by atomic mass is 32.2. The average molecular weight is 271 g/mol. The first-order valence-electron chi connectivity index (χ1n) is 5.99. The van der Waals surface area contributed by atoms with E-state index in [1.807, 2.05) is 6.92 Å². The predicted octanol–water partition coefficient (Wildman–Crippen LogP) is 1.86. The third kappa shape index (κ3) is 5.06. The zero-order chi connectivity index (χ0) is 13.8. The van der Waals surface area contributed by atoms with Gasteiger partial charge in [-0.15, -0.1) is 0 Å². The molecule has 0 saturated carbocycles. The van der Waals surface area contributed by atoms with Crippen LogP contribution >= 0.6 is 0 Å². The Bertz CT molecular complexity index is 466. The van der Waals surface area contributed by atoms with Crippen LogP contribution in [0.2, 0.25) is 0 Å².